The number of rotatable bonds is 5. The summed E-state index contributed by atoms with van der Waals surface area (Å²) in [4.78, 5) is 29.6. The Morgan fingerprint density at radius 2 is 1.95 bits per heavy atom. The first-order valence-electron chi connectivity index (χ1n) is 14.6. The third-order valence-electron chi connectivity index (χ3n) is 10.3. The summed E-state index contributed by atoms with van der Waals surface area (Å²) < 4.78 is 46.1. The molecule has 3 atom stereocenters. The summed E-state index contributed by atoms with van der Waals surface area (Å²) in [5, 5.41) is 7.91. The highest BCUT2D eigenvalue weighted by Crippen LogP contribution is 2.64. The van der Waals surface area contributed by atoms with Gasteiger partial charge in [-0.25, -0.2) is 9.07 Å². The molecule has 2 unspecified atom stereocenters. The number of carbonyl (C=O) groups excluding carboxylic acids is 2. The molecule has 4 aliphatic rings. The van der Waals surface area contributed by atoms with Crippen LogP contribution in [-0.2, 0) is 21.3 Å². The largest absolute Gasteiger partial charge is 0.315 e. The molecular formula is C32H35FN4O5S. The minimum Gasteiger partial charge on any atom is -0.315 e. The van der Waals surface area contributed by atoms with Crippen LogP contribution in [0.4, 0.5) is 4.39 Å². The van der Waals surface area contributed by atoms with Crippen molar-refractivity contribution in [3.63, 3.8) is 0 Å². The summed E-state index contributed by atoms with van der Waals surface area (Å²) in [6.45, 7) is 5.32. The van der Waals surface area contributed by atoms with Gasteiger partial charge in [0.2, 0.25) is 0 Å². The van der Waals surface area contributed by atoms with E-state index in [1.807, 2.05) is 36.9 Å². The van der Waals surface area contributed by atoms with E-state index < -0.39 is 26.7 Å². The van der Waals surface area contributed by atoms with Gasteiger partial charge in [-0.05, 0) is 91.6 Å². The Labute approximate surface area is 250 Å². The normalized spacial score (nSPS) is 27.0. The van der Waals surface area contributed by atoms with Gasteiger partial charge in [0.15, 0.2) is 5.78 Å². The molecule has 1 saturated heterocycles. The number of carbonyl (C=O) groups is 2. The number of Topliss-reactive ketones (excluding diaryl/α,β-unsaturated/α-hetero) is 2. The monoisotopic (exact) mass is 606 g/mol. The second-order valence-corrected chi connectivity index (χ2v) is 14.2. The highest BCUT2D eigenvalue weighted by atomic mass is 32.2. The number of piperidine rings is 1. The first kappa shape index (κ1) is 29.5. The van der Waals surface area contributed by atoms with Gasteiger partial charge >= 0.3 is 0 Å². The second-order valence-electron chi connectivity index (χ2n) is 12.7. The summed E-state index contributed by atoms with van der Waals surface area (Å²) in [5.74, 6) is -0.330. The zero-order valence-corrected chi connectivity index (χ0v) is 25.0. The lowest BCUT2D eigenvalue weighted by Gasteiger charge is -2.41. The molecule has 2 aromatic heterocycles. The summed E-state index contributed by atoms with van der Waals surface area (Å²) in [5.41, 5.74) is 2.64. The molecule has 3 heterocycles. The van der Waals surface area contributed by atoms with Crippen molar-refractivity contribution in [3.05, 3.63) is 83.2 Å². The first-order chi connectivity index (χ1) is 20.4. The Morgan fingerprint density at radius 3 is 2.58 bits per heavy atom. The fraction of sp³-hybridized carbons (Fsp3) is 0.438. The molecule has 43 heavy (non-hydrogen) atoms. The molecule has 2 bridgehead atoms. The molecule has 0 spiro atoms. The molecule has 3 fully saturated rings. The zero-order chi connectivity index (χ0) is 30.6. The van der Waals surface area contributed by atoms with E-state index in [1.54, 1.807) is 24.4 Å². The van der Waals surface area contributed by atoms with Crippen LogP contribution in [0.15, 0.2) is 60.4 Å². The number of hydrogen-bond donors (Lipinski definition) is 2. The van der Waals surface area contributed by atoms with Crippen molar-refractivity contribution in [1.29, 1.82) is 0 Å². The van der Waals surface area contributed by atoms with Gasteiger partial charge in [-0.3, -0.25) is 19.1 Å². The average Bonchev–Trinajstić information content (AvgIpc) is 3.54. The van der Waals surface area contributed by atoms with Crippen LogP contribution in [0.25, 0.3) is 11.8 Å². The lowest BCUT2D eigenvalue weighted by molar-refractivity contribution is -0.128. The van der Waals surface area contributed by atoms with Crippen LogP contribution in [0, 0.1) is 28.0 Å². The third-order valence-corrected chi connectivity index (χ3v) is 11.1. The van der Waals surface area contributed by atoms with Gasteiger partial charge in [0.05, 0.1) is 34.2 Å². The Hall–Kier alpha value is -3.54. The van der Waals surface area contributed by atoms with Crippen LogP contribution >= 0.6 is 0 Å². The van der Waals surface area contributed by atoms with Gasteiger partial charge < -0.3 is 5.32 Å². The summed E-state index contributed by atoms with van der Waals surface area (Å²) in [7, 11) is -4.08. The standard InChI is InChI=1S/C22H19FN4O.C10H16O4S/c23-17-4-6-18(7-5-17)27-20-11-16-8-10-24-14-22(16,12-15(20)13-26-27)21(28)19-3-1-2-9-25-19;1-9(2)7-3-4-10(9,8(11)5-7)6-15(12,13)14/h1-7,9,11,13,24H,8,10,12,14H2;7H,3-6H2,1-2H3,(H,12,13,14)/t22-;/m0./s1. The molecule has 7 rings (SSSR count). The molecule has 1 aliphatic heterocycles. The van der Waals surface area contributed by atoms with E-state index in [9.17, 15) is 22.4 Å². The van der Waals surface area contributed by atoms with Crippen molar-refractivity contribution in [2.75, 3.05) is 18.8 Å². The molecule has 3 aliphatic carbocycles. The first-order valence-corrected chi connectivity index (χ1v) is 16.2. The summed E-state index contributed by atoms with van der Waals surface area (Å²) >= 11 is 0. The van der Waals surface area contributed by atoms with Crippen LogP contribution in [0.1, 0.15) is 61.3 Å². The molecule has 2 N–H and O–H groups in total. The van der Waals surface area contributed by atoms with Gasteiger partial charge in [0, 0.05) is 19.2 Å². The van der Waals surface area contributed by atoms with Crippen LogP contribution in [-0.4, -0.2) is 58.1 Å². The van der Waals surface area contributed by atoms with E-state index in [4.69, 9.17) is 4.55 Å². The van der Waals surface area contributed by atoms with Gasteiger partial charge in [-0.1, -0.05) is 25.5 Å². The number of halogens is 1. The maximum atomic E-state index is 13.5. The molecule has 9 nitrogen and oxygen atoms in total. The highest BCUT2D eigenvalue weighted by Gasteiger charge is 2.65. The molecule has 0 radical (unpaired) electrons. The second kappa shape index (κ2) is 10.6. The number of ketones is 2. The SMILES string of the molecule is CC1(C)C2CCC1(CS(=O)(=O)O)C(=O)C2.O=C(c1ccccn1)[C@@]12CNCCC1=Cc1c(cnn1-c1ccc(F)cc1)C2. The number of fused-ring (bicyclic) bond motifs is 4. The zero-order valence-electron chi connectivity index (χ0n) is 24.2. The molecule has 2 saturated carbocycles. The summed E-state index contributed by atoms with van der Waals surface area (Å²) in [6, 6.07) is 11.7. The third kappa shape index (κ3) is 4.97. The molecule has 0 amide bonds. The Bertz CT molecular complexity index is 1720. The van der Waals surface area contributed by atoms with E-state index in [2.05, 4.69) is 21.5 Å². The summed E-state index contributed by atoms with van der Waals surface area (Å²) in [6.07, 6.45) is 8.92. The lowest BCUT2D eigenvalue weighted by atomic mass is 9.65. The van der Waals surface area contributed by atoms with Crippen molar-refractivity contribution in [3.8, 4) is 5.69 Å². The highest BCUT2D eigenvalue weighted by molar-refractivity contribution is 7.85. The van der Waals surface area contributed by atoms with Gasteiger partial charge in [0.1, 0.15) is 17.3 Å². The number of nitrogens with one attached hydrogen (secondary N) is 1. The number of hydrogen-bond acceptors (Lipinski definition) is 7. The number of benzene rings is 1. The van der Waals surface area contributed by atoms with Crippen LogP contribution < -0.4 is 5.32 Å². The number of aromatic nitrogens is 3. The number of pyridine rings is 1. The van der Waals surface area contributed by atoms with E-state index in [-0.39, 0.29) is 28.7 Å². The molecule has 226 valence electrons. The van der Waals surface area contributed by atoms with Gasteiger partial charge in [-0.15, -0.1) is 0 Å². The lowest BCUT2D eigenvalue weighted by Crippen LogP contribution is -2.50. The van der Waals surface area contributed by atoms with E-state index in [1.165, 1.54) is 12.1 Å². The van der Waals surface area contributed by atoms with Crippen molar-refractivity contribution in [2.45, 2.75) is 46.0 Å². The van der Waals surface area contributed by atoms with Crippen LogP contribution in [0.5, 0.6) is 0 Å². The van der Waals surface area contributed by atoms with E-state index in [0.29, 0.717) is 31.5 Å². The Balaban J connectivity index is 0.000000185. The molecule has 3 aromatic rings. The fourth-order valence-electron chi connectivity index (χ4n) is 7.69. The van der Waals surface area contributed by atoms with Crippen molar-refractivity contribution < 1.29 is 27.0 Å². The number of nitrogens with zero attached hydrogens (tertiary/aromatic N) is 3. The minimum atomic E-state index is -4.08. The van der Waals surface area contributed by atoms with Crippen LogP contribution in [0.2, 0.25) is 0 Å². The predicted octanol–water partition coefficient (Wildman–Crippen LogP) is 4.48. The minimum absolute atomic E-state index is 0.0152. The van der Waals surface area contributed by atoms with Crippen molar-refractivity contribution in [2.24, 2.45) is 22.2 Å². The van der Waals surface area contributed by atoms with Crippen molar-refractivity contribution >= 4 is 27.8 Å². The predicted molar refractivity (Wildman–Crippen MR) is 159 cm³/mol. The fourth-order valence-corrected chi connectivity index (χ4v) is 8.99. The molecule has 11 heteroatoms. The Morgan fingerprint density at radius 1 is 1.19 bits per heavy atom. The smallest absolute Gasteiger partial charge is 0.265 e. The van der Waals surface area contributed by atoms with E-state index in [0.717, 1.165) is 41.9 Å². The maximum absolute atomic E-state index is 13.5. The molecule has 1 aromatic carbocycles. The topological polar surface area (TPSA) is 131 Å². The average molecular weight is 607 g/mol. The van der Waals surface area contributed by atoms with Crippen molar-refractivity contribution in [1.82, 2.24) is 20.1 Å². The van der Waals surface area contributed by atoms with Gasteiger partial charge in [0.25, 0.3) is 10.1 Å². The van der Waals surface area contributed by atoms with E-state index >= 15 is 0 Å². The van der Waals surface area contributed by atoms with Crippen LogP contribution in [0.3, 0.4) is 0 Å². The Kier molecular flexibility index (Phi) is 7.26. The maximum Gasteiger partial charge on any atom is 0.265 e. The quantitative estimate of drug-likeness (QED) is 0.321. The molecular weight excluding hydrogens is 571 g/mol. The van der Waals surface area contributed by atoms with Gasteiger partial charge in [-0.2, -0.15) is 13.5 Å².